The number of halogens is 1. The minimum absolute atomic E-state index is 0.109. The number of benzene rings is 1. The van der Waals surface area contributed by atoms with Gasteiger partial charge in [-0.2, -0.15) is 0 Å². The van der Waals surface area contributed by atoms with Crippen molar-refractivity contribution < 1.29 is 14.0 Å². The average Bonchev–Trinajstić information content (AvgIpc) is 2.64. The Balaban J connectivity index is 1.79. The number of hydrogen-bond donors (Lipinski definition) is 2. The van der Waals surface area contributed by atoms with Gasteiger partial charge in [0.1, 0.15) is 11.9 Å². The first-order valence-electron chi connectivity index (χ1n) is 6.60. The molecule has 0 radical (unpaired) electrons. The lowest BCUT2D eigenvalue weighted by atomic mass is 10.1. The molecule has 1 fully saturated rings. The highest BCUT2D eigenvalue weighted by Gasteiger charge is 2.22. The van der Waals surface area contributed by atoms with Gasteiger partial charge >= 0.3 is 0 Å². The van der Waals surface area contributed by atoms with Gasteiger partial charge in [0.25, 0.3) is 0 Å². The molecule has 4 nitrogen and oxygen atoms in total. The SMILES string of the molecule is O=C(CSc1ccc(F)cc1)N[C@H]1CCCCNC1=O. The lowest BCUT2D eigenvalue weighted by Crippen LogP contribution is -2.46. The first kappa shape index (κ1) is 14.8. The molecule has 0 spiro atoms. The molecule has 2 amide bonds. The molecule has 0 saturated carbocycles. The van der Waals surface area contributed by atoms with E-state index in [1.165, 1.54) is 23.9 Å². The van der Waals surface area contributed by atoms with Crippen molar-refractivity contribution in [3.8, 4) is 0 Å². The zero-order valence-corrected chi connectivity index (χ0v) is 11.8. The van der Waals surface area contributed by atoms with Crippen LogP contribution in [0.2, 0.25) is 0 Å². The first-order chi connectivity index (χ1) is 9.65. The van der Waals surface area contributed by atoms with E-state index in [0.29, 0.717) is 13.0 Å². The maximum Gasteiger partial charge on any atom is 0.242 e. The first-order valence-corrected chi connectivity index (χ1v) is 7.59. The summed E-state index contributed by atoms with van der Waals surface area (Å²) in [6, 6.07) is 5.55. The van der Waals surface area contributed by atoms with Gasteiger partial charge in [0.05, 0.1) is 5.75 Å². The predicted molar refractivity (Wildman–Crippen MR) is 75.9 cm³/mol. The Bertz CT molecular complexity index is 479. The molecule has 0 bridgehead atoms. The van der Waals surface area contributed by atoms with Crippen molar-refractivity contribution >= 4 is 23.6 Å². The van der Waals surface area contributed by atoms with Crippen molar-refractivity contribution in [2.75, 3.05) is 12.3 Å². The van der Waals surface area contributed by atoms with Gasteiger partial charge in [0.15, 0.2) is 0 Å². The van der Waals surface area contributed by atoms with Crippen LogP contribution in [0.3, 0.4) is 0 Å². The van der Waals surface area contributed by atoms with Gasteiger partial charge in [0, 0.05) is 11.4 Å². The number of carbonyl (C=O) groups excluding carboxylic acids is 2. The van der Waals surface area contributed by atoms with E-state index in [0.717, 1.165) is 17.7 Å². The molecule has 2 N–H and O–H groups in total. The van der Waals surface area contributed by atoms with E-state index in [1.54, 1.807) is 12.1 Å². The molecule has 6 heteroatoms. The molecular weight excluding hydrogens is 279 g/mol. The van der Waals surface area contributed by atoms with E-state index in [-0.39, 0.29) is 23.4 Å². The Labute approximate surface area is 121 Å². The zero-order valence-electron chi connectivity index (χ0n) is 11.0. The summed E-state index contributed by atoms with van der Waals surface area (Å²) >= 11 is 1.32. The van der Waals surface area contributed by atoms with Crippen molar-refractivity contribution in [2.24, 2.45) is 0 Å². The fourth-order valence-corrected chi connectivity index (χ4v) is 2.70. The summed E-state index contributed by atoms with van der Waals surface area (Å²) in [4.78, 5) is 24.3. The molecule has 1 aromatic carbocycles. The summed E-state index contributed by atoms with van der Waals surface area (Å²) in [5, 5.41) is 5.52. The van der Waals surface area contributed by atoms with Crippen LogP contribution in [0.15, 0.2) is 29.2 Å². The highest BCUT2D eigenvalue weighted by molar-refractivity contribution is 8.00. The van der Waals surface area contributed by atoms with Crippen LogP contribution in [0, 0.1) is 5.82 Å². The molecule has 0 unspecified atom stereocenters. The zero-order chi connectivity index (χ0) is 14.4. The molecule has 1 aromatic rings. The van der Waals surface area contributed by atoms with Crippen LogP contribution < -0.4 is 10.6 Å². The van der Waals surface area contributed by atoms with Gasteiger partial charge < -0.3 is 10.6 Å². The van der Waals surface area contributed by atoms with Crippen LogP contribution in [0.1, 0.15) is 19.3 Å². The Morgan fingerprint density at radius 1 is 1.35 bits per heavy atom. The Morgan fingerprint density at radius 2 is 2.10 bits per heavy atom. The summed E-state index contributed by atoms with van der Waals surface area (Å²) in [6.45, 7) is 0.676. The highest BCUT2D eigenvalue weighted by Crippen LogP contribution is 2.17. The largest absolute Gasteiger partial charge is 0.354 e. The summed E-state index contributed by atoms with van der Waals surface area (Å²) in [7, 11) is 0. The molecule has 0 aromatic heterocycles. The van der Waals surface area contributed by atoms with Crippen LogP contribution in [-0.2, 0) is 9.59 Å². The Morgan fingerprint density at radius 3 is 2.85 bits per heavy atom. The third-order valence-corrected chi connectivity index (χ3v) is 4.07. The monoisotopic (exact) mass is 296 g/mol. The summed E-state index contributed by atoms with van der Waals surface area (Å²) < 4.78 is 12.7. The topological polar surface area (TPSA) is 58.2 Å². The number of nitrogens with one attached hydrogen (secondary N) is 2. The fourth-order valence-electron chi connectivity index (χ4n) is 1.99. The lowest BCUT2D eigenvalue weighted by molar-refractivity contribution is -0.127. The smallest absolute Gasteiger partial charge is 0.242 e. The minimum atomic E-state index is -0.432. The van der Waals surface area contributed by atoms with E-state index in [2.05, 4.69) is 10.6 Å². The van der Waals surface area contributed by atoms with Crippen molar-refractivity contribution in [3.05, 3.63) is 30.1 Å². The molecule has 1 saturated heterocycles. The van der Waals surface area contributed by atoms with Crippen LogP contribution in [0.25, 0.3) is 0 Å². The van der Waals surface area contributed by atoms with Gasteiger partial charge in [-0.3, -0.25) is 9.59 Å². The number of carbonyl (C=O) groups is 2. The van der Waals surface area contributed by atoms with Crippen LogP contribution >= 0.6 is 11.8 Å². The van der Waals surface area contributed by atoms with Gasteiger partial charge in [-0.05, 0) is 43.5 Å². The van der Waals surface area contributed by atoms with Crippen molar-refractivity contribution in [1.29, 1.82) is 0 Å². The molecule has 1 aliphatic rings. The quantitative estimate of drug-likeness (QED) is 0.832. The van der Waals surface area contributed by atoms with Gasteiger partial charge in [0.2, 0.25) is 11.8 Å². The van der Waals surface area contributed by atoms with Gasteiger partial charge in [-0.25, -0.2) is 4.39 Å². The second kappa shape index (κ2) is 7.28. The molecule has 20 heavy (non-hydrogen) atoms. The normalized spacial score (nSPS) is 19.1. The molecular formula is C14H17FN2O2S. The Kier molecular flexibility index (Phi) is 5.40. The minimum Gasteiger partial charge on any atom is -0.354 e. The third-order valence-electron chi connectivity index (χ3n) is 3.05. The number of hydrogen-bond acceptors (Lipinski definition) is 3. The van der Waals surface area contributed by atoms with Crippen LogP contribution in [0.5, 0.6) is 0 Å². The predicted octanol–water partition coefficient (Wildman–Crippen LogP) is 1.70. The molecule has 0 aliphatic carbocycles. The second-order valence-corrected chi connectivity index (χ2v) is 5.70. The lowest BCUT2D eigenvalue weighted by Gasteiger charge is -2.14. The summed E-state index contributed by atoms with van der Waals surface area (Å²) in [5.41, 5.74) is 0. The van der Waals surface area contributed by atoms with Crippen molar-refractivity contribution in [1.82, 2.24) is 10.6 Å². The number of thioether (sulfide) groups is 1. The highest BCUT2D eigenvalue weighted by atomic mass is 32.2. The van der Waals surface area contributed by atoms with E-state index in [4.69, 9.17) is 0 Å². The molecule has 108 valence electrons. The number of rotatable bonds is 4. The summed E-state index contributed by atoms with van der Waals surface area (Å²) in [6.07, 6.45) is 2.55. The van der Waals surface area contributed by atoms with Crippen molar-refractivity contribution in [2.45, 2.75) is 30.2 Å². The third kappa shape index (κ3) is 4.52. The van der Waals surface area contributed by atoms with E-state index in [9.17, 15) is 14.0 Å². The molecule has 1 aliphatic heterocycles. The molecule has 2 rings (SSSR count). The molecule has 1 atom stereocenters. The van der Waals surface area contributed by atoms with Gasteiger partial charge in [-0.15, -0.1) is 11.8 Å². The Hall–Kier alpha value is -1.56. The van der Waals surface area contributed by atoms with E-state index < -0.39 is 6.04 Å². The summed E-state index contributed by atoms with van der Waals surface area (Å²) in [5.74, 6) is -0.368. The van der Waals surface area contributed by atoms with E-state index >= 15 is 0 Å². The fraction of sp³-hybridized carbons (Fsp3) is 0.429. The van der Waals surface area contributed by atoms with Crippen LogP contribution in [0.4, 0.5) is 4.39 Å². The van der Waals surface area contributed by atoms with Gasteiger partial charge in [-0.1, -0.05) is 0 Å². The molecule has 1 heterocycles. The number of amides is 2. The maximum absolute atomic E-state index is 12.7. The average molecular weight is 296 g/mol. The standard InChI is InChI=1S/C14H17FN2O2S/c15-10-4-6-11(7-5-10)20-9-13(18)17-12-3-1-2-8-16-14(12)19/h4-7,12H,1-3,8-9H2,(H,16,19)(H,17,18)/t12-/m0/s1. The second-order valence-electron chi connectivity index (χ2n) is 4.65. The maximum atomic E-state index is 12.7. The van der Waals surface area contributed by atoms with E-state index in [1.807, 2.05) is 0 Å². The van der Waals surface area contributed by atoms with Crippen molar-refractivity contribution in [3.63, 3.8) is 0 Å². The van der Waals surface area contributed by atoms with Crippen LogP contribution in [-0.4, -0.2) is 30.2 Å².